The van der Waals surface area contributed by atoms with Gasteiger partial charge in [0.25, 0.3) is 0 Å². The maximum atomic E-state index is 5.42. The third-order valence-corrected chi connectivity index (χ3v) is 5.10. The Bertz CT molecular complexity index is 932. The molecule has 0 aliphatic heterocycles. The second kappa shape index (κ2) is 8.29. The van der Waals surface area contributed by atoms with Crippen molar-refractivity contribution in [3.8, 4) is 16.9 Å². The summed E-state index contributed by atoms with van der Waals surface area (Å²) in [5.41, 5.74) is 2.80. The van der Waals surface area contributed by atoms with E-state index in [2.05, 4.69) is 20.7 Å². The zero-order valence-electron chi connectivity index (χ0n) is 16.4. The fraction of sp³-hybridized carbons (Fsp3) is 0.381. The molecule has 1 aromatic carbocycles. The monoisotopic (exact) mass is 378 g/mol. The summed E-state index contributed by atoms with van der Waals surface area (Å²) >= 11 is 0. The Kier molecular flexibility index (Phi) is 5.41. The number of para-hydroxylation sites is 2. The predicted octanol–water partition coefficient (Wildman–Crippen LogP) is 4.37. The van der Waals surface area contributed by atoms with Crippen LogP contribution in [0.1, 0.15) is 32.1 Å². The molecule has 2 heterocycles. The fourth-order valence-corrected chi connectivity index (χ4v) is 3.63. The molecule has 7 heteroatoms. The van der Waals surface area contributed by atoms with E-state index < -0.39 is 0 Å². The van der Waals surface area contributed by atoms with Gasteiger partial charge in [-0.1, -0.05) is 31.4 Å². The summed E-state index contributed by atoms with van der Waals surface area (Å²) < 4.78 is 7.21. The van der Waals surface area contributed by atoms with Gasteiger partial charge in [0.1, 0.15) is 11.6 Å². The number of hydrogen-bond donors (Lipinski definition) is 2. The quantitative estimate of drug-likeness (QED) is 0.663. The number of benzene rings is 1. The molecular weight excluding hydrogens is 352 g/mol. The molecule has 1 aliphatic rings. The van der Waals surface area contributed by atoms with Gasteiger partial charge < -0.3 is 15.4 Å². The maximum absolute atomic E-state index is 5.42. The first-order valence-corrected chi connectivity index (χ1v) is 9.75. The highest BCUT2D eigenvalue weighted by Crippen LogP contribution is 2.31. The van der Waals surface area contributed by atoms with E-state index >= 15 is 0 Å². The predicted molar refractivity (Wildman–Crippen MR) is 111 cm³/mol. The van der Waals surface area contributed by atoms with E-state index in [1.54, 1.807) is 11.8 Å². The lowest BCUT2D eigenvalue weighted by Crippen LogP contribution is -2.23. The van der Waals surface area contributed by atoms with E-state index in [0.29, 0.717) is 12.0 Å². The van der Waals surface area contributed by atoms with Crippen LogP contribution < -0.4 is 15.4 Å². The van der Waals surface area contributed by atoms with Crippen molar-refractivity contribution in [1.82, 2.24) is 19.7 Å². The lowest BCUT2D eigenvalue weighted by atomic mass is 9.95. The minimum atomic E-state index is 0.443. The summed E-state index contributed by atoms with van der Waals surface area (Å²) in [6.07, 6.45) is 11.9. The van der Waals surface area contributed by atoms with Gasteiger partial charge in [-0.15, -0.1) is 0 Å². The summed E-state index contributed by atoms with van der Waals surface area (Å²) in [4.78, 5) is 9.33. The van der Waals surface area contributed by atoms with Crippen molar-refractivity contribution in [3.63, 3.8) is 0 Å². The van der Waals surface area contributed by atoms with Gasteiger partial charge >= 0.3 is 0 Å². The minimum absolute atomic E-state index is 0.443. The largest absolute Gasteiger partial charge is 0.495 e. The van der Waals surface area contributed by atoms with E-state index in [9.17, 15) is 0 Å². The Morgan fingerprint density at radius 1 is 1.11 bits per heavy atom. The van der Waals surface area contributed by atoms with E-state index in [4.69, 9.17) is 9.72 Å². The minimum Gasteiger partial charge on any atom is -0.495 e. The van der Waals surface area contributed by atoms with Crippen molar-refractivity contribution < 1.29 is 4.74 Å². The number of nitrogens with zero attached hydrogens (tertiary/aromatic N) is 4. The summed E-state index contributed by atoms with van der Waals surface area (Å²) in [7, 11) is 3.57. The Labute approximate surface area is 165 Å². The first-order chi connectivity index (χ1) is 13.7. The van der Waals surface area contributed by atoms with Crippen LogP contribution in [0.4, 0.5) is 17.5 Å². The van der Waals surface area contributed by atoms with Crippen LogP contribution in [-0.2, 0) is 7.05 Å². The highest BCUT2D eigenvalue weighted by molar-refractivity contribution is 5.75. The number of anilines is 3. The SMILES string of the molecule is COc1ccccc1Nc1ncc(-c2cnn(C)c2)c(NC2CCCCC2)n1. The molecule has 0 spiro atoms. The van der Waals surface area contributed by atoms with Crippen LogP contribution in [0.25, 0.3) is 11.1 Å². The molecule has 2 N–H and O–H groups in total. The number of hydrogen-bond acceptors (Lipinski definition) is 6. The lowest BCUT2D eigenvalue weighted by Gasteiger charge is -2.24. The molecule has 7 nitrogen and oxygen atoms in total. The van der Waals surface area contributed by atoms with Gasteiger partial charge in [-0.2, -0.15) is 10.1 Å². The fourth-order valence-electron chi connectivity index (χ4n) is 3.63. The molecule has 1 saturated carbocycles. The average molecular weight is 378 g/mol. The molecular formula is C21H26N6O. The lowest BCUT2D eigenvalue weighted by molar-refractivity contribution is 0.417. The van der Waals surface area contributed by atoms with Gasteiger partial charge in [0, 0.05) is 36.6 Å². The molecule has 2 aromatic heterocycles. The van der Waals surface area contributed by atoms with E-state index in [1.165, 1.54) is 32.1 Å². The number of aryl methyl sites for hydroxylation is 1. The van der Waals surface area contributed by atoms with Gasteiger partial charge in [-0.25, -0.2) is 4.98 Å². The summed E-state index contributed by atoms with van der Waals surface area (Å²) in [5.74, 6) is 2.13. The first-order valence-electron chi connectivity index (χ1n) is 9.75. The number of rotatable bonds is 6. The molecule has 0 bridgehead atoms. The van der Waals surface area contributed by atoms with Gasteiger partial charge in [-0.3, -0.25) is 4.68 Å². The smallest absolute Gasteiger partial charge is 0.229 e. The molecule has 1 fully saturated rings. The van der Waals surface area contributed by atoms with Crippen LogP contribution in [0.3, 0.4) is 0 Å². The summed E-state index contributed by atoms with van der Waals surface area (Å²) in [5, 5.41) is 11.2. The Balaban J connectivity index is 1.65. The van der Waals surface area contributed by atoms with Crippen molar-refractivity contribution >= 4 is 17.5 Å². The number of ether oxygens (including phenoxy) is 1. The molecule has 0 saturated heterocycles. The third-order valence-electron chi connectivity index (χ3n) is 5.10. The normalized spacial score (nSPS) is 14.6. The standard InChI is InChI=1S/C21H26N6O/c1-27-14-15(12-23-27)17-13-22-21(25-18-10-6-7-11-19(18)28-2)26-20(17)24-16-8-4-3-5-9-16/h6-7,10-14,16H,3-5,8-9H2,1-2H3,(H2,22,24,25,26). The van der Waals surface area contributed by atoms with Gasteiger partial charge in [0.15, 0.2) is 0 Å². The molecule has 0 unspecified atom stereocenters. The van der Waals surface area contributed by atoms with Crippen molar-refractivity contribution in [3.05, 3.63) is 42.9 Å². The van der Waals surface area contributed by atoms with E-state index in [-0.39, 0.29) is 0 Å². The third kappa shape index (κ3) is 4.08. The van der Waals surface area contributed by atoms with Gasteiger partial charge in [0.2, 0.25) is 5.95 Å². The maximum Gasteiger partial charge on any atom is 0.229 e. The van der Waals surface area contributed by atoms with Crippen LogP contribution in [-0.4, -0.2) is 32.9 Å². The van der Waals surface area contributed by atoms with Crippen molar-refractivity contribution in [2.75, 3.05) is 17.7 Å². The number of methoxy groups -OCH3 is 1. The Morgan fingerprint density at radius 2 is 1.93 bits per heavy atom. The Morgan fingerprint density at radius 3 is 2.68 bits per heavy atom. The Hall–Kier alpha value is -3.09. The molecule has 0 radical (unpaired) electrons. The second-order valence-corrected chi connectivity index (χ2v) is 7.16. The summed E-state index contributed by atoms with van der Waals surface area (Å²) in [6.45, 7) is 0. The highest BCUT2D eigenvalue weighted by Gasteiger charge is 2.18. The zero-order valence-corrected chi connectivity index (χ0v) is 16.4. The topological polar surface area (TPSA) is 76.9 Å². The molecule has 3 aromatic rings. The average Bonchev–Trinajstić information content (AvgIpc) is 3.15. The molecule has 0 amide bonds. The number of nitrogens with one attached hydrogen (secondary N) is 2. The van der Waals surface area contributed by atoms with Crippen LogP contribution >= 0.6 is 0 Å². The van der Waals surface area contributed by atoms with Crippen LogP contribution in [0, 0.1) is 0 Å². The van der Waals surface area contributed by atoms with Crippen molar-refractivity contribution in [1.29, 1.82) is 0 Å². The number of aromatic nitrogens is 4. The summed E-state index contributed by atoms with van der Waals surface area (Å²) in [6, 6.07) is 8.19. The van der Waals surface area contributed by atoms with Gasteiger partial charge in [0.05, 0.1) is 19.0 Å². The van der Waals surface area contributed by atoms with Crippen LogP contribution in [0.2, 0.25) is 0 Å². The van der Waals surface area contributed by atoms with Crippen LogP contribution in [0.15, 0.2) is 42.9 Å². The first kappa shape index (κ1) is 18.3. The molecule has 1 aliphatic carbocycles. The second-order valence-electron chi connectivity index (χ2n) is 7.16. The van der Waals surface area contributed by atoms with Crippen molar-refractivity contribution in [2.24, 2.45) is 7.05 Å². The zero-order chi connectivity index (χ0) is 19.3. The van der Waals surface area contributed by atoms with Gasteiger partial charge in [-0.05, 0) is 25.0 Å². The highest BCUT2D eigenvalue weighted by atomic mass is 16.5. The van der Waals surface area contributed by atoms with Crippen LogP contribution in [0.5, 0.6) is 5.75 Å². The molecule has 4 rings (SSSR count). The molecule has 0 atom stereocenters. The molecule has 28 heavy (non-hydrogen) atoms. The van der Waals surface area contributed by atoms with E-state index in [1.807, 2.05) is 49.9 Å². The van der Waals surface area contributed by atoms with Crippen molar-refractivity contribution in [2.45, 2.75) is 38.1 Å². The van der Waals surface area contributed by atoms with E-state index in [0.717, 1.165) is 28.4 Å². The molecule has 146 valence electrons.